The molecule has 0 spiro atoms. The highest BCUT2D eigenvalue weighted by molar-refractivity contribution is 5.90. The first-order chi connectivity index (χ1) is 9.40. The fourth-order valence-electron chi connectivity index (χ4n) is 1.76. The molecule has 1 heterocycles. The molecule has 0 aliphatic carbocycles. The number of carbonyl (C=O) groups excluding carboxylic acids is 1. The van der Waals surface area contributed by atoms with Gasteiger partial charge in [0.15, 0.2) is 0 Å². The van der Waals surface area contributed by atoms with Gasteiger partial charge in [0.1, 0.15) is 11.6 Å². The summed E-state index contributed by atoms with van der Waals surface area (Å²) in [6.45, 7) is 1.58. The summed E-state index contributed by atoms with van der Waals surface area (Å²) in [6.07, 6.45) is 0. The molecule has 1 unspecified atom stereocenters. The highest BCUT2D eigenvalue weighted by atomic mass is 19.1. The molecular formula is C12H13F2N5O. The molecule has 0 aliphatic heterocycles. The average molecular weight is 281 g/mol. The van der Waals surface area contributed by atoms with Gasteiger partial charge < -0.3 is 10.6 Å². The Bertz CT molecular complexity index is 643. The van der Waals surface area contributed by atoms with Gasteiger partial charge in [-0.1, -0.05) is 0 Å². The molecule has 0 fully saturated rings. The van der Waals surface area contributed by atoms with Gasteiger partial charge in [-0.15, -0.1) is 5.10 Å². The van der Waals surface area contributed by atoms with E-state index in [1.807, 2.05) is 0 Å². The van der Waals surface area contributed by atoms with Crippen molar-refractivity contribution in [1.82, 2.24) is 20.1 Å². The Morgan fingerprint density at radius 2 is 2.15 bits per heavy atom. The number of nitrogens with zero attached hydrogens (tertiary/aromatic N) is 3. The van der Waals surface area contributed by atoms with E-state index in [1.54, 1.807) is 6.92 Å². The van der Waals surface area contributed by atoms with Crippen molar-refractivity contribution in [2.45, 2.75) is 13.0 Å². The number of nitrogens with two attached hydrogens (primary N) is 1. The summed E-state index contributed by atoms with van der Waals surface area (Å²) in [6, 6.07) is 2.42. The maximum Gasteiger partial charge on any atom is 0.291 e. The second kappa shape index (κ2) is 5.24. The van der Waals surface area contributed by atoms with E-state index < -0.39 is 23.6 Å². The average Bonchev–Trinajstić information content (AvgIpc) is 2.85. The van der Waals surface area contributed by atoms with Crippen LogP contribution in [0, 0.1) is 11.6 Å². The van der Waals surface area contributed by atoms with Crippen molar-refractivity contribution in [3.05, 3.63) is 41.2 Å². The van der Waals surface area contributed by atoms with E-state index in [4.69, 9.17) is 5.73 Å². The first-order valence-electron chi connectivity index (χ1n) is 5.80. The van der Waals surface area contributed by atoms with Gasteiger partial charge in [0.2, 0.25) is 11.8 Å². The van der Waals surface area contributed by atoms with Crippen LogP contribution in [0.2, 0.25) is 0 Å². The molecule has 0 bridgehead atoms. The van der Waals surface area contributed by atoms with Crippen LogP contribution in [0.4, 0.5) is 14.7 Å². The number of nitrogens with one attached hydrogen (secondary N) is 1. The first-order valence-corrected chi connectivity index (χ1v) is 5.80. The van der Waals surface area contributed by atoms with E-state index >= 15 is 0 Å². The predicted molar refractivity (Wildman–Crippen MR) is 67.7 cm³/mol. The Hall–Kier alpha value is -2.51. The Labute approximate surface area is 113 Å². The normalized spacial score (nSPS) is 12.2. The molecule has 1 amide bonds. The number of carbonyl (C=O) groups is 1. The number of anilines is 1. The minimum Gasteiger partial charge on any atom is -0.366 e. The lowest BCUT2D eigenvalue weighted by Gasteiger charge is -2.24. The number of hydrogen-bond donors (Lipinski definition) is 2. The van der Waals surface area contributed by atoms with Crippen LogP contribution < -0.4 is 5.73 Å². The van der Waals surface area contributed by atoms with Crippen LogP contribution in [-0.4, -0.2) is 33.0 Å². The molecule has 6 nitrogen and oxygen atoms in total. The largest absolute Gasteiger partial charge is 0.366 e. The predicted octanol–water partition coefficient (Wildman–Crippen LogP) is 1.50. The number of nitrogen functional groups attached to an aromatic ring is 1. The Morgan fingerprint density at radius 3 is 2.75 bits per heavy atom. The van der Waals surface area contributed by atoms with Crippen LogP contribution in [0.15, 0.2) is 18.2 Å². The molecule has 0 saturated carbocycles. The Kier molecular flexibility index (Phi) is 3.64. The van der Waals surface area contributed by atoms with Gasteiger partial charge in [0.05, 0.1) is 6.04 Å². The van der Waals surface area contributed by atoms with Crippen LogP contribution in [0.3, 0.4) is 0 Å². The van der Waals surface area contributed by atoms with E-state index in [0.29, 0.717) is 0 Å². The van der Waals surface area contributed by atoms with Crippen molar-refractivity contribution in [3.63, 3.8) is 0 Å². The molecule has 2 rings (SSSR count). The Morgan fingerprint density at radius 1 is 1.45 bits per heavy atom. The highest BCUT2D eigenvalue weighted by Crippen LogP contribution is 2.23. The lowest BCUT2D eigenvalue weighted by molar-refractivity contribution is 0.0728. The van der Waals surface area contributed by atoms with Crippen LogP contribution >= 0.6 is 0 Å². The molecule has 1 aromatic carbocycles. The molecule has 8 heteroatoms. The number of hydrogen-bond acceptors (Lipinski definition) is 4. The lowest BCUT2D eigenvalue weighted by atomic mass is 10.1. The topological polar surface area (TPSA) is 87.9 Å². The van der Waals surface area contributed by atoms with Gasteiger partial charge >= 0.3 is 0 Å². The van der Waals surface area contributed by atoms with E-state index in [0.717, 1.165) is 18.2 Å². The smallest absolute Gasteiger partial charge is 0.291 e. The number of halogens is 2. The molecule has 2 aromatic rings. The molecule has 3 N–H and O–H groups in total. The minimum atomic E-state index is -0.676. The molecule has 0 saturated heterocycles. The molecule has 106 valence electrons. The van der Waals surface area contributed by atoms with Crippen LogP contribution in [0.5, 0.6) is 0 Å². The maximum atomic E-state index is 13.7. The molecule has 1 aromatic heterocycles. The number of amides is 1. The zero-order chi connectivity index (χ0) is 14.9. The number of benzene rings is 1. The SMILES string of the molecule is CC(c1cc(F)ccc1F)N(C)C(=O)c1nc(N)n[nH]1. The van der Waals surface area contributed by atoms with E-state index in [9.17, 15) is 13.6 Å². The maximum absolute atomic E-state index is 13.7. The lowest BCUT2D eigenvalue weighted by Crippen LogP contribution is -2.31. The van der Waals surface area contributed by atoms with E-state index in [-0.39, 0.29) is 17.3 Å². The van der Waals surface area contributed by atoms with Crippen molar-refractivity contribution in [2.24, 2.45) is 0 Å². The second-order valence-electron chi connectivity index (χ2n) is 4.30. The van der Waals surface area contributed by atoms with Crippen LogP contribution in [0.25, 0.3) is 0 Å². The molecule has 20 heavy (non-hydrogen) atoms. The Balaban J connectivity index is 2.26. The highest BCUT2D eigenvalue weighted by Gasteiger charge is 2.24. The zero-order valence-electron chi connectivity index (χ0n) is 10.9. The van der Waals surface area contributed by atoms with Gasteiger partial charge in [-0.05, 0) is 25.1 Å². The van der Waals surface area contributed by atoms with Crippen molar-refractivity contribution >= 4 is 11.9 Å². The van der Waals surface area contributed by atoms with Gasteiger partial charge in [-0.25, -0.2) is 8.78 Å². The number of aromatic amines is 1. The summed E-state index contributed by atoms with van der Waals surface area (Å²) in [5.41, 5.74) is 5.39. The van der Waals surface area contributed by atoms with Crippen molar-refractivity contribution in [2.75, 3.05) is 12.8 Å². The second-order valence-corrected chi connectivity index (χ2v) is 4.30. The molecule has 0 aliphatic rings. The van der Waals surface area contributed by atoms with Crippen molar-refractivity contribution in [1.29, 1.82) is 0 Å². The third-order valence-corrected chi connectivity index (χ3v) is 3.01. The number of aromatic nitrogens is 3. The third kappa shape index (κ3) is 2.58. The quantitative estimate of drug-likeness (QED) is 0.892. The van der Waals surface area contributed by atoms with E-state index in [2.05, 4.69) is 15.2 Å². The summed E-state index contributed by atoms with van der Waals surface area (Å²) in [5.74, 6) is -1.81. The third-order valence-electron chi connectivity index (χ3n) is 3.01. The summed E-state index contributed by atoms with van der Waals surface area (Å²) in [4.78, 5) is 17.0. The fraction of sp³-hybridized carbons (Fsp3) is 0.250. The minimum absolute atomic E-state index is 0.0614. The zero-order valence-corrected chi connectivity index (χ0v) is 10.9. The summed E-state index contributed by atoms with van der Waals surface area (Å²) in [7, 11) is 1.45. The van der Waals surface area contributed by atoms with Gasteiger partial charge in [0.25, 0.3) is 5.91 Å². The van der Waals surface area contributed by atoms with Crippen molar-refractivity contribution < 1.29 is 13.6 Å². The summed E-state index contributed by atoms with van der Waals surface area (Å²) < 4.78 is 26.9. The van der Waals surface area contributed by atoms with Crippen LogP contribution in [-0.2, 0) is 0 Å². The van der Waals surface area contributed by atoms with Gasteiger partial charge in [0, 0.05) is 12.6 Å². The van der Waals surface area contributed by atoms with Crippen LogP contribution in [0.1, 0.15) is 29.1 Å². The molecule has 0 radical (unpaired) electrons. The fourth-order valence-corrected chi connectivity index (χ4v) is 1.76. The monoisotopic (exact) mass is 281 g/mol. The summed E-state index contributed by atoms with van der Waals surface area (Å²) >= 11 is 0. The molecular weight excluding hydrogens is 268 g/mol. The number of rotatable bonds is 3. The van der Waals surface area contributed by atoms with Gasteiger partial charge in [-0.3, -0.25) is 9.89 Å². The van der Waals surface area contributed by atoms with Crippen molar-refractivity contribution in [3.8, 4) is 0 Å². The standard InChI is InChI=1S/C12H13F2N5O/c1-6(8-5-7(13)3-4-9(8)14)19(2)11(20)10-16-12(15)18-17-10/h3-6H,1-2H3,(H3,15,16,17,18). The van der Waals surface area contributed by atoms with E-state index in [1.165, 1.54) is 11.9 Å². The van der Waals surface area contributed by atoms with Gasteiger partial charge in [-0.2, -0.15) is 4.98 Å². The molecule has 1 atom stereocenters. The number of H-pyrrole nitrogens is 1. The summed E-state index contributed by atoms with van der Waals surface area (Å²) in [5, 5.41) is 5.92. The first kappa shape index (κ1) is 13.9.